The minimum absolute atomic E-state index is 0.116. The number of hydrogen-bond donors (Lipinski definition) is 0. The monoisotopic (exact) mass is 498 g/mol. The molecular formula is C26H30N2O4S2. The van der Waals surface area contributed by atoms with E-state index in [4.69, 9.17) is 4.74 Å². The van der Waals surface area contributed by atoms with Gasteiger partial charge in [-0.05, 0) is 62.1 Å². The lowest BCUT2D eigenvalue weighted by Crippen LogP contribution is -2.41. The van der Waals surface area contributed by atoms with E-state index in [2.05, 4.69) is 0 Å². The summed E-state index contributed by atoms with van der Waals surface area (Å²) in [6.45, 7) is 4.23. The Hall–Kier alpha value is -2.97. The van der Waals surface area contributed by atoms with Gasteiger partial charge in [0.25, 0.3) is 10.0 Å². The van der Waals surface area contributed by atoms with Crippen LogP contribution in [-0.4, -0.2) is 45.7 Å². The second kappa shape index (κ2) is 11.4. The van der Waals surface area contributed by atoms with E-state index in [-0.39, 0.29) is 17.3 Å². The van der Waals surface area contributed by atoms with E-state index in [0.717, 1.165) is 20.3 Å². The molecule has 6 nitrogen and oxygen atoms in total. The van der Waals surface area contributed by atoms with Crippen LogP contribution in [0.25, 0.3) is 0 Å². The normalized spacial score (nSPS) is 11.2. The van der Waals surface area contributed by atoms with E-state index in [1.54, 1.807) is 55.6 Å². The highest BCUT2D eigenvalue weighted by atomic mass is 32.2. The first-order valence-corrected chi connectivity index (χ1v) is 13.6. The van der Waals surface area contributed by atoms with Crippen molar-refractivity contribution < 1.29 is 17.9 Å². The number of anilines is 1. The van der Waals surface area contributed by atoms with Crippen LogP contribution < -0.4 is 9.04 Å². The standard InChI is InChI=1S/C26H30N2O4S2/c1-5-32-25-9-7-6-8-24(25)28(34(30,31)23-16-14-22(33-4)15-17-23)19-26(29)27(3)18-21-12-10-20(2)11-13-21/h6-17H,5,18-19H2,1-4H3. The third kappa shape index (κ3) is 6.12. The van der Waals surface area contributed by atoms with E-state index >= 15 is 0 Å². The average Bonchev–Trinajstić information content (AvgIpc) is 2.84. The van der Waals surface area contributed by atoms with Crippen LogP contribution >= 0.6 is 11.8 Å². The number of likely N-dealkylation sites (N-methyl/N-ethyl adjacent to an activating group) is 1. The highest BCUT2D eigenvalue weighted by Gasteiger charge is 2.30. The molecule has 3 rings (SSSR count). The van der Waals surface area contributed by atoms with Crippen molar-refractivity contribution in [1.29, 1.82) is 0 Å². The van der Waals surface area contributed by atoms with Crippen molar-refractivity contribution in [3.05, 3.63) is 83.9 Å². The molecule has 1 amide bonds. The molecule has 0 aliphatic carbocycles. The van der Waals surface area contributed by atoms with E-state index in [1.165, 1.54) is 16.7 Å². The number of benzene rings is 3. The van der Waals surface area contributed by atoms with Crippen LogP contribution in [0.1, 0.15) is 18.1 Å². The molecule has 0 unspecified atom stereocenters. The third-order valence-electron chi connectivity index (χ3n) is 5.33. The number of rotatable bonds is 10. The fourth-order valence-corrected chi connectivity index (χ4v) is 5.25. The molecule has 8 heteroatoms. The van der Waals surface area contributed by atoms with E-state index in [9.17, 15) is 13.2 Å². The number of carbonyl (C=O) groups is 1. The summed E-state index contributed by atoms with van der Waals surface area (Å²) < 4.78 is 34.3. The van der Waals surface area contributed by atoms with Gasteiger partial charge < -0.3 is 9.64 Å². The second-order valence-corrected chi connectivity index (χ2v) is 10.6. The molecule has 0 aliphatic rings. The zero-order chi connectivity index (χ0) is 24.7. The van der Waals surface area contributed by atoms with Crippen LogP contribution in [0.5, 0.6) is 5.75 Å². The van der Waals surface area contributed by atoms with Gasteiger partial charge in [-0.15, -0.1) is 11.8 Å². The van der Waals surface area contributed by atoms with Gasteiger partial charge in [-0.1, -0.05) is 42.0 Å². The topological polar surface area (TPSA) is 66.9 Å². The number of amides is 1. The van der Waals surface area contributed by atoms with Gasteiger partial charge in [0.2, 0.25) is 5.91 Å². The SMILES string of the molecule is CCOc1ccccc1N(CC(=O)N(C)Cc1ccc(C)cc1)S(=O)(=O)c1ccc(SC)cc1. The highest BCUT2D eigenvalue weighted by Crippen LogP contribution is 2.33. The predicted octanol–water partition coefficient (Wildman–Crippen LogP) is 4.97. The van der Waals surface area contributed by atoms with E-state index in [1.807, 2.05) is 44.4 Å². The van der Waals surface area contributed by atoms with Crippen LogP contribution in [0.3, 0.4) is 0 Å². The van der Waals surface area contributed by atoms with Gasteiger partial charge >= 0.3 is 0 Å². The Morgan fingerprint density at radius 2 is 1.62 bits per heavy atom. The molecule has 0 N–H and O–H groups in total. The number of nitrogens with zero attached hydrogens (tertiary/aromatic N) is 2. The largest absolute Gasteiger partial charge is 0.492 e. The minimum atomic E-state index is -4.03. The summed E-state index contributed by atoms with van der Waals surface area (Å²) in [6, 6.07) is 21.4. The summed E-state index contributed by atoms with van der Waals surface area (Å²) in [7, 11) is -2.36. The number of para-hydroxylation sites is 2. The number of thioether (sulfide) groups is 1. The molecule has 0 heterocycles. The number of aryl methyl sites for hydroxylation is 1. The van der Waals surface area contributed by atoms with Crippen LogP contribution in [0.4, 0.5) is 5.69 Å². The van der Waals surface area contributed by atoms with Crippen molar-refractivity contribution in [3.63, 3.8) is 0 Å². The van der Waals surface area contributed by atoms with Crippen LogP contribution in [0, 0.1) is 6.92 Å². The molecule has 0 radical (unpaired) electrons. The first-order valence-electron chi connectivity index (χ1n) is 10.9. The Labute approximate surface area is 206 Å². The lowest BCUT2D eigenvalue weighted by Gasteiger charge is -2.28. The summed E-state index contributed by atoms with van der Waals surface area (Å²) in [5, 5.41) is 0. The fourth-order valence-electron chi connectivity index (χ4n) is 3.41. The highest BCUT2D eigenvalue weighted by molar-refractivity contribution is 7.98. The van der Waals surface area contributed by atoms with E-state index in [0.29, 0.717) is 24.6 Å². The fraction of sp³-hybridized carbons (Fsp3) is 0.269. The van der Waals surface area contributed by atoms with Crippen molar-refractivity contribution in [2.45, 2.75) is 30.2 Å². The van der Waals surface area contributed by atoms with Crippen LogP contribution in [0.2, 0.25) is 0 Å². The quantitative estimate of drug-likeness (QED) is 0.369. The van der Waals surface area contributed by atoms with Crippen molar-refractivity contribution >= 4 is 33.4 Å². The number of carbonyl (C=O) groups excluding carboxylic acids is 1. The molecule has 0 aromatic heterocycles. The minimum Gasteiger partial charge on any atom is -0.492 e. The summed E-state index contributed by atoms with van der Waals surface area (Å²) >= 11 is 1.53. The molecule has 180 valence electrons. The molecule has 0 bridgehead atoms. The summed E-state index contributed by atoms with van der Waals surface area (Å²) in [5.74, 6) is 0.0829. The smallest absolute Gasteiger partial charge is 0.264 e. The van der Waals surface area contributed by atoms with Gasteiger partial charge in [0.1, 0.15) is 12.3 Å². The van der Waals surface area contributed by atoms with Gasteiger partial charge in [0.05, 0.1) is 17.2 Å². The zero-order valence-corrected chi connectivity index (χ0v) is 21.5. The summed E-state index contributed by atoms with van der Waals surface area (Å²) in [6.07, 6.45) is 1.93. The van der Waals surface area contributed by atoms with Gasteiger partial charge in [-0.3, -0.25) is 9.10 Å². The van der Waals surface area contributed by atoms with Crippen molar-refractivity contribution in [2.75, 3.05) is 30.8 Å². The lowest BCUT2D eigenvalue weighted by molar-refractivity contribution is -0.128. The van der Waals surface area contributed by atoms with Gasteiger partial charge in [-0.2, -0.15) is 0 Å². The number of hydrogen-bond acceptors (Lipinski definition) is 5. The Morgan fingerprint density at radius 3 is 2.24 bits per heavy atom. The Kier molecular flexibility index (Phi) is 8.63. The molecule has 0 saturated carbocycles. The first kappa shape index (κ1) is 25.6. The number of sulfonamides is 1. The van der Waals surface area contributed by atoms with Gasteiger partial charge in [-0.25, -0.2) is 8.42 Å². The van der Waals surface area contributed by atoms with Crippen LogP contribution in [0.15, 0.2) is 82.6 Å². The number of ether oxygens (including phenoxy) is 1. The molecule has 0 spiro atoms. The average molecular weight is 499 g/mol. The lowest BCUT2D eigenvalue weighted by atomic mass is 10.1. The molecule has 0 aliphatic heterocycles. The Bertz CT molecular complexity index is 1210. The molecule has 0 atom stereocenters. The second-order valence-electron chi connectivity index (χ2n) is 7.82. The Morgan fingerprint density at radius 1 is 0.971 bits per heavy atom. The maximum atomic E-state index is 13.7. The molecule has 0 saturated heterocycles. The summed E-state index contributed by atoms with van der Waals surface area (Å²) in [5.41, 5.74) is 2.43. The maximum Gasteiger partial charge on any atom is 0.264 e. The molecule has 34 heavy (non-hydrogen) atoms. The van der Waals surface area contributed by atoms with E-state index < -0.39 is 10.0 Å². The molecular weight excluding hydrogens is 468 g/mol. The summed E-state index contributed by atoms with van der Waals surface area (Å²) in [4.78, 5) is 15.8. The van der Waals surface area contributed by atoms with Gasteiger partial charge in [0, 0.05) is 18.5 Å². The molecule has 3 aromatic carbocycles. The third-order valence-corrected chi connectivity index (χ3v) is 7.84. The van der Waals surface area contributed by atoms with Crippen LogP contribution in [-0.2, 0) is 21.4 Å². The molecule has 3 aromatic rings. The van der Waals surface area contributed by atoms with Crippen molar-refractivity contribution in [1.82, 2.24) is 4.90 Å². The van der Waals surface area contributed by atoms with Gasteiger partial charge in [0.15, 0.2) is 0 Å². The van der Waals surface area contributed by atoms with Crippen molar-refractivity contribution in [3.8, 4) is 5.75 Å². The maximum absolute atomic E-state index is 13.7. The zero-order valence-electron chi connectivity index (χ0n) is 19.9. The van der Waals surface area contributed by atoms with Crippen molar-refractivity contribution in [2.24, 2.45) is 0 Å². The predicted molar refractivity (Wildman–Crippen MR) is 138 cm³/mol. The molecule has 0 fully saturated rings. The Balaban J connectivity index is 1.96. The first-order chi connectivity index (χ1) is 16.3.